The van der Waals surface area contributed by atoms with Crippen LogP contribution in [0.4, 0.5) is 4.39 Å². The van der Waals surface area contributed by atoms with Gasteiger partial charge >= 0.3 is 0 Å². The van der Waals surface area contributed by atoms with Crippen molar-refractivity contribution >= 4 is 0 Å². The second kappa shape index (κ2) is 5.70. The Balaban J connectivity index is 1.90. The zero-order valence-electron chi connectivity index (χ0n) is 12.0. The Morgan fingerprint density at radius 1 is 1.40 bits per heavy atom. The Kier molecular flexibility index (Phi) is 3.94. The summed E-state index contributed by atoms with van der Waals surface area (Å²) in [5.41, 5.74) is 0.973. The minimum Gasteiger partial charge on any atom is -0.487 e. The topological polar surface area (TPSA) is 33.3 Å². The fraction of sp³-hybridized carbons (Fsp3) is 0.625. The van der Waals surface area contributed by atoms with Gasteiger partial charge in [-0.2, -0.15) is 0 Å². The molecule has 0 aliphatic carbocycles. The minimum atomic E-state index is -0.219. The van der Waals surface area contributed by atoms with Gasteiger partial charge in [-0.05, 0) is 45.0 Å². The van der Waals surface area contributed by atoms with E-state index in [0.29, 0.717) is 0 Å². The second-order valence-electron chi connectivity index (χ2n) is 5.93. The van der Waals surface area contributed by atoms with Gasteiger partial charge in [0.05, 0.1) is 0 Å². The van der Waals surface area contributed by atoms with Gasteiger partial charge < -0.3 is 15.4 Å². The predicted octanol–water partition coefficient (Wildman–Crippen LogP) is 2.77. The summed E-state index contributed by atoms with van der Waals surface area (Å²) in [7, 11) is 0. The first-order chi connectivity index (χ1) is 9.72. The Morgan fingerprint density at radius 2 is 2.20 bits per heavy atom. The molecule has 20 heavy (non-hydrogen) atoms. The standard InChI is InChI=1S/C16H23FN2O/c1-2-7-19-14-11-16(5-8-18-9-6-16)20-15-10-12(17)3-4-13(14)15/h3-4,10,14,18-19H,2,5-9,11H2,1H3. The van der Waals surface area contributed by atoms with E-state index in [-0.39, 0.29) is 17.5 Å². The van der Waals surface area contributed by atoms with E-state index < -0.39 is 0 Å². The van der Waals surface area contributed by atoms with E-state index in [1.54, 1.807) is 6.07 Å². The maximum atomic E-state index is 13.5. The molecule has 1 aromatic carbocycles. The Bertz CT molecular complexity index is 472. The summed E-state index contributed by atoms with van der Waals surface area (Å²) in [4.78, 5) is 0. The number of piperidine rings is 1. The summed E-state index contributed by atoms with van der Waals surface area (Å²) >= 11 is 0. The molecule has 3 rings (SSSR count). The molecule has 1 aromatic rings. The van der Waals surface area contributed by atoms with Crippen molar-refractivity contribution in [2.75, 3.05) is 19.6 Å². The van der Waals surface area contributed by atoms with E-state index in [0.717, 1.165) is 56.6 Å². The number of rotatable bonds is 3. The van der Waals surface area contributed by atoms with Crippen LogP contribution in [0.15, 0.2) is 18.2 Å². The molecule has 1 spiro atoms. The fourth-order valence-electron chi connectivity index (χ4n) is 3.33. The molecule has 0 bridgehead atoms. The molecule has 2 N–H and O–H groups in total. The highest BCUT2D eigenvalue weighted by atomic mass is 19.1. The largest absolute Gasteiger partial charge is 0.487 e. The maximum Gasteiger partial charge on any atom is 0.127 e. The molecular formula is C16H23FN2O. The highest BCUT2D eigenvalue weighted by molar-refractivity contribution is 5.39. The molecule has 3 nitrogen and oxygen atoms in total. The number of ether oxygens (including phenoxy) is 1. The first-order valence-corrected chi connectivity index (χ1v) is 7.65. The summed E-state index contributed by atoms with van der Waals surface area (Å²) in [6, 6.07) is 5.21. The minimum absolute atomic E-state index is 0.128. The zero-order valence-corrected chi connectivity index (χ0v) is 12.0. The number of nitrogens with one attached hydrogen (secondary N) is 2. The number of fused-ring (bicyclic) bond motifs is 1. The van der Waals surface area contributed by atoms with Crippen LogP contribution in [0.25, 0.3) is 0 Å². The number of hydrogen-bond donors (Lipinski definition) is 2. The van der Waals surface area contributed by atoms with Crippen LogP contribution in [0.3, 0.4) is 0 Å². The SMILES string of the molecule is CCCNC1CC2(CCNCC2)Oc2cc(F)ccc21. The molecular weight excluding hydrogens is 255 g/mol. The maximum absolute atomic E-state index is 13.5. The second-order valence-corrected chi connectivity index (χ2v) is 5.93. The average Bonchev–Trinajstić information content (AvgIpc) is 2.45. The summed E-state index contributed by atoms with van der Waals surface area (Å²) in [5.74, 6) is 0.510. The molecule has 2 heterocycles. The molecule has 1 atom stereocenters. The van der Waals surface area contributed by atoms with Gasteiger partial charge in [0, 0.05) is 24.1 Å². The van der Waals surface area contributed by atoms with Crippen molar-refractivity contribution in [2.24, 2.45) is 0 Å². The van der Waals surface area contributed by atoms with Crippen LogP contribution in [0, 0.1) is 5.82 Å². The third-order valence-corrected chi connectivity index (χ3v) is 4.41. The molecule has 2 aliphatic heterocycles. The van der Waals surface area contributed by atoms with Gasteiger partial charge in [-0.1, -0.05) is 13.0 Å². The molecule has 110 valence electrons. The molecule has 0 amide bonds. The van der Waals surface area contributed by atoms with Crippen molar-refractivity contribution in [3.63, 3.8) is 0 Å². The lowest BCUT2D eigenvalue weighted by atomic mass is 9.81. The van der Waals surface area contributed by atoms with E-state index >= 15 is 0 Å². The molecule has 0 aromatic heterocycles. The molecule has 0 radical (unpaired) electrons. The summed E-state index contributed by atoms with van der Waals surface area (Å²) in [6.07, 6.45) is 4.07. The molecule has 1 unspecified atom stereocenters. The van der Waals surface area contributed by atoms with Gasteiger partial charge in [-0.15, -0.1) is 0 Å². The Hall–Kier alpha value is -1.13. The van der Waals surface area contributed by atoms with E-state index in [1.165, 1.54) is 6.07 Å². The van der Waals surface area contributed by atoms with Crippen LogP contribution >= 0.6 is 0 Å². The highest BCUT2D eigenvalue weighted by Crippen LogP contribution is 2.43. The smallest absolute Gasteiger partial charge is 0.127 e. The zero-order chi connectivity index (χ0) is 14.0. The fourth-order valence-corrected chi connectivity index (χ4v) is 3.33. The van der Waals surface area contributed by atoms with Crippen molar-refractivity contribution in [3.05, 3.63) is 29.6 Å². The summed E-state index contributed by atoms with van der Waals surface area (Å²) in [5, 5.41) is 6.97. The Labute approximate surface area is 119 Å². The third kappa shape index (κ3) is 2.67. The first-order valence-electron chi connectivity index (χ1n) is 7.65. The normalized spacial score (nSPS) is 24.2. The van der Waals surface area contributed by atoms with Crippen molar-refractivity contribution < 1.29 is 9.13 Å². The quantitative estimate of drug-likeness (QED) is 0.892. The van der Waals surface area contributed by atoms with Gasteiger partial charge in [-0.25, -0.2) is 4.39 Å². The molecule has 1 fully saturated rings. The number of halogens is 1. The van der Waals surface area contributed by atoms with Crippen LogP contribution in [-0.4, -0.2) is 25.2 Å². The summed E-state index contributed by atoms with van der Waals surface area (Å²) in [6.45, 7) is 5.10. The van der Waals surface area contributed by atoms with Crippen molar-refractivity contribution in [1.29, 1.82) is 0 Å². The average molecular weight is 278 g/mol. The van der Waals surface area contributed by atoms with Gasteiger partial charge in [0.2, 0.25) is 0 Å². The van der Waals surface area contributed by atoms with E-state index in [4.69, 9.17) is 4.74 Å². The third-order valence-electron chi connectivity index (χ3n) is 4.41. The molecule has 4 heteroatoms. The Morgan fingerprint density at radius 3 is 2.95 bits per heavy atom. The first kappa shape index (κ1) is 13.8. The monoisotopic (exact) mass is 278 g/mol. The van der Waals surface area contributed by atoms with Crippen LogP contribution in [0.1, 0.15) is 44.2 Å². The van der Waals surface area contributed by atoms with Crippen molar-refractivity contribution in [1.82, 2.24) is 10.6 Å². The van der Waals surface area contributed by atoms with Crippen LogP contribution in [-0.2, 0) is 0 Å². The van der Waals surface area contributed by atoms with Crippen LogP contribution in [0.5, 0.6) is 5.75 Å². The lowest BCUT2D eigenvalue weighted by Gasteiger charge is -2.45. The van der Waals surface area contributed by atoms with Crippen LogP contribution in [0.2, 0.25) is 0 Å². The van der Waals surface area contributed by atoms with E-state index in [9.17, 15) is 4.39 Å². The summed E-state index contributed by atoms with van der Waals surface area (Å²) < 4.78 is 19.7. The van der Waals surface area contributed by atoms with Gasteiger partial charge in [0.25, 0.3) is 0 Å². The highest BCUT2D eigenvalue weighted by Gasteiger charge is 2.41. The van der Waals surface area contributed by atoms with Crippen LogP contribution < -0.4 is 15.4 Å². The molecule has 2 aliphatic rings. The predicted molar refractivity (Wildman–Crippen MR) is 77.5 cm³/mol. The van der Waals surface area contributed by atoms with Gasteiger partial charge in [0.15, 0.2) is 0 Å². The van der Waals surface area contributed by atoms with Crippen molar-refractivity contribution in [3.8, 4) is 5.75 Å². The molecule has 0 saturated carbocycles. The number of hydrogen-bond acceptors (Lipinski definition) is 3. The lowest BCUT2D eigenvalue weighted by molar-refractivity contribution is 0.00292. The van der Waals surface area contributed by atoms with Gasteiger partial charge in [-0.3, -0.25) is 0 Å². The lowest BCUT2D eigenvalue weighted by Crippen LogP contribution is -2.50. The van der Waals surface area contributed by atoms with E-state index in [1.807, 2.05) is 6.07 Å². The van der Waals surface area contributed by atoms with Crippen molar-refractivity contribution in [2.45, 2.75) is 44.2 Å². The number of benzene rings is 1. The van der Waals surface area contributed by atoms with Gasteiger partial charge in [0.1, 0.15) is 17.2 Å². The molecule has 1 saturated heterocycles. The van der Waals surface area contributed by atoms with E-state index in [2.05, 4.69) is 17.6 Å².